The minimum Gasteiger partial charge on any atom is -0.328 e. The molecule has 3 heteroatoms. The first-order valence-electron chi connectivity index (χ1n) is 7.49. The number of amides is 1. The monoisotopic (exact) mass is 283 g/mol. The van der Waals surface area contributed by atoms with Crippen molar-refractivity contribution in [1.29, 1.82) is 0 Å². The van der Waals surface area contributed by atoms with Gasteiger partial charge < -0.3 is 5.32 Å². The van der Waals surface area contributed by atoms with Crippen LogP contribution >= 0.6 is 0 Å². The lowest BCUT2D eigenvalue weighted by atomic mass is 9.70. The van der Waals surface area contributed by atoms with Gasteiger partial charge in [-0.05, 0) is 36.3 Å². The van der Waals surface area contributed by atoms with E-state index in [-0.39, 0.29) is 28.4 Å². The average molecular weight is 283 g/mol. The van der Waals surface area contributed by atoms with Crippen LogP contribution in [0.5, 0.6) is 0 Å². The molecule has 110 valence electrons. The van der Waals surface area contributed by atoms with Crippen LogP contribution in [0.15, 0.2) is 42.1 Å². The molecule has 2 saturated carbocycles. The highest BCUT2D eigenvalue weighted by Gasteiger charge is 2.63. The maximum atomic E-state index is 12.6. The Bertz CT molecular complexity index is 630. The SMILES string of the molecule is CC12CCC(C(=CNC(=O)c3ccccc3)C1=O)C2(C)C. The van der Waals surface area contributed by atoms with Gasteiger partial charge >= 0.3 is 0 Å². The quantitative estimate of drug-likeness (QED) is 0.846. The molecular formula is C18H21NO2. The third-order valence-electron chi connectivity index (χ3n) is 5.76. The first-order valence-corrected chi connectivity index (χ1v) is 7.49. The molecule has 0 saturated heterocycles. The van der Waals surface area contributed by atoms with E-state index in [9.17, 15) is 9.59 Å². The van der Waals surface area contributed by atoms with E-state index < -0.39 is 0 Å². The molecule has 0 aliphatic heterocycles. The molecule has 0 spiro atoms. The molecule has 0 heterocycles. The molecule has 2 fully saturated rings. The highest BCUT2D eigenvalue weighted by molar-refractivity contribution is 6.05. The van der Waals surface area contributed by atoms with Gasteiger partial charge in [0.05, 0.1) is 0 Å². The van der Waals surface area contributed by atoms with Crippen LogP contribution in [0.1, 0.15) is 44.0 Å². The van der Waals surface area contributed by atoms with E-state index in [2.05, 4.69) is 26.1 Å². The number of carbonyl (C=O) groups is 2. The molecule has 2 atom stereocenters. The summed E-state index contributed by atoms with van der Waals surface area (Å²) < 4.78 is 0. The molecule has 1 amide bonds. The van der Waals surface area contributed by atoms with Gasteiger partial charge in [0.2, 0.25) is 0 Å². The largest absolute Gasteiger partial charge is 0.328 e. The average Bonchev–Trinajstić information content (AvgIpc) is 2.78. The lowest BCUT2D eigenvalue weighted by molar-refractivity contribution is -0.125. The second-order valence-corrected chi connectivity index (χ2v) is 6.91. The number of nitrogens with one attached hydrogen (secondary N) is 1. The summed E-state index contributed by atoms with van der Waals surface area (Å²) in [5, 5.41) is 2.79. The Morgan fingerprint density at radius 2 is 1.90 bits per heavy atom. The summed E-state index contributed by atoms with van der Waals surface area (Å²) in [6.45, 7) is 6.40. The first-order chi connectivity index (χ1) is 9.88. The van der Waals surface area contributed by atoms with Crippen LogP contribution in [0.2, 0.25) is 0 Å². The van der Waals surface area contributed by atoms with Crippen LogP contribution in [0.4, 0.5) is 0 Å². The van der Waals surface area contributed by atoms with Crippen molar-refractivity contribution < 1.29 is 9.59 Å². The predicted octanol–water partition coefficient (Wildman–Crippen LogP) is 3.33. The van der Waals surface area contributed by atoms with E-state index >= 15 is 0 Å². The van der Waals surface area contributed by atoms with E-state index in [4.69, 9.17) is 0 Å². The normalized spacial score (nSPS) is 31.7. The molecule has 1 aromatic rings. The minimum atomic E-state index is -0.277. The van der Waals surface area contributed by atoms with Crippen LogP contribution < -0.4 is 5.32 Å². The van der Waals surface area contributed by atoms with Crippen molar-refractivity contribution in [2.75, 3.05) is 0 Å². The molecule has 21 heavy (non-hydrogen) atoms. The first kappa shape index (κ1) is 14.1. The standard InChI is InChI=1S/C18H21NO2/c1-17(2)14-9-10-18(17,3)15(20)13(14)11-19-16(21)12-7-5-4-6-8-12/h4-8,11,14H,9-10H2,1-3H3,(H,19,21). The predicted molar refractivity (Wildman–Crippen MR) is 81.6 cm³/mol. The van der Waals surface area contributed by atoms with Crippen molar-refractivity contribution in [3.63, 3.8) is 0 Å². The number of hydrogen-bond donors (Lipinski definition) is 1. The lowest BCUT2D eigenvalue weighted by Gasteiger charge is -2.31. The van der Waals surface area contributed by atoms with Crippen LogP contribution in [0.3, 0.4) is 0 Å². The number of hydrogen-bond acceptors (Lipinski definition) is 2. The molecule has 3 rings (SSSR count). The summed E-state index contributed by atoms with van der Waals surface area (Å²) in [5.74, 6) is 0.296. The molecule has 2 aliphatic carbocycles. The zero-order valence-electron chi connectivity index (χ0n) is 12.8. The summed E-state index contributed by atoms with van der Waals surface area (Å²) in [6, 6.07) is 9.06. The van der Waals surface area contributed by atoms with E-state index in [1.165, 1.54) is 0 Å². The Morgan fingerprint density at radius 3 is 2.48 bits per heavy atom. The number of Topliss-reactive ketones (excluding diaryl/α,β-unsaturated/α-hetero) is 1. The Hall–Kier alpha value is -1.90. The molecule has 1 N–H and O–H groups in total. The van der Waals surface area contributed by atoms with Crippen molar-refractivity contribution >= 4 is 11.7 Å². The molecule has 3 nitrogen and oxygen atoms in total. The second kappa shape index (κ2) is 4.55. The third kappa shape index (κ3) is 1.87. The van der Waals surface area contributed by atoms with Gasteiger partial charge in [0.1, 0.15) is 0 Å². The highest BCUT2D eigenvalue weighted by Crippen LogP contribution is 2.65. The fourth-order valence-electron chi connectivity index (χ4n) is 3.91. The van der Waals surface area contributed by atoms with E-state index in [1.807, 2.05) is 18.2 Å². The molecule has 0 aromatic heterocycles. The Labute approximate surface area is 125 Å². The van der Waals surface area contributed by atoms with E-state index in [0.717, 1.165) is 18.4 Å². The molecule has 1 aromatic carbocycles. The highest BCUT2D eigenvalue weighted by atomic mass is 16.1. The lowest BCUT2D eigenvalue weighted by Crippen LogP contribution is -2.32. The molecule has 2 bridgehead atoms. The number of carbonyl (C=O) groups excluding carboxylic acids is 2. The number of ketones is 1. The van der Waals surface area contributed by atoms with Gasteiger partial charge in [-0.1, -0.05) is 39.0 Å². The molecule has 2 unspecified atom stereocenters. The van der Waals surface area contributed by atoms with E-state index in [1.54, 1.807) is 18.3 Å². The Balaban J connectivity index is 1.83. The summed E-state index contributed by atoms with van der Waals surface area (Å²) in [5.41, 5.74) is 1.10. The van der Waals surface area contributed by atoms with Crippen molar-refractivity contribution in [2.24, 2.45) is 16.7 Å². The topological polar surface area (TPSA) is 46.2 Å². The Morgan fingerprint density at radius 1 is 1.24 bits per heavy atom. The number of benzene rings is 1. The van der Waals surface area contributed by atoms with Crippen LogP contribution in [0, 0.1) is 16.7 Å². The summed E-state index contributed by atoms with van der Waals surface area (Å²) >= 11 is 0. The van der Waals surface area contributed by atoms with Gasteiger partial charge in [0.25, 0.3) is 5.91 Å². The zero-order chi connectivity index (χ0) is 15.3. The number of allylic oxidation sites excluding steroid dienone is 1. The smallest absolute Gasteiger partial charge is 0.255 e. The van der Waals surface area contributed by atoms with Crippen LogP contribution in [-0.4, -0.2) is 11.7 Å². The number of fused-ring (bicyclic) bond motifs is 2. The minimum absolute atomic E-state index is 0.0204. The van der Waals surface area contributed by atoms with Crippen LogP contribution in [-0.2, 0) is 4.79 Å². The van der Waals surface area contributed by atoms with Crippen molar-refractivity contribution in [3.8, 4) is 0 Å². The van der Waals surface area contributed by atoms with Gasteiger partial charge in [0, 0.05) is 22.8 Å². The van der Waals surface area contributed by atoms with Crippen molar-refractivity contribution in [3.05, 3.63) is 47.7 Å². The maximum Gasteiger partial charge on any atom is 0.255 e. The Kier molecular flexibility index (Phi) is 3.05. The summed E-state index contributed by atoms with van der Waals surface area (Å²) in [6.07, 6.45) is 3.63. The molecular weight excluding hydrogens is 262 g/mol. The molecule has 2 aliphatic rings. The zero-order valence-corrected chi connectivity index (χ0v) is 12.8. The fraction of sp³-hybridized carbons (Fsp3) is 0.444. The van der Waals surface area contributed by atoms with Gasteiger partial charge in [-0.3, -0.25) is 9.59 Å². The summed E-state index contributed by atoms with van der Waals surface area (Å²) in [7, 11) is 0. The fourth-order valence-corrected chi connectivity index (χ4v) is 3.91. The van der Waals surface area contributed by atoms with Gasteiger partial charge in [-0.15, -0.1) is 0 Å². The maximum absolute atomic E-state index is 12.6. The van der Waals surface area contributed by atoms with Gasteiger partial charge in [-0.2, -0.15) is 0 Å². The van der Waals surface area contributed by atoms with Crippen molar-refractivity contribution in [2.45, 2.75) is 33.6 Å². The molecule has 0 radical (unpaired) electrons. The number of rotatable bonds is 2. The van der Waals surface area contributed by atoms with E-state index in [0.29, 0.717) is 5.56 Å². The second-order valence-electron chi connectivity index (χ2n) is 6.91. The van der Waals surface area contributed by atoms with Gasteiger partial charge in [-0.25, -0.2) is 0 Å². The third-order valence-corrected chi connectivity index (χ3v) is 5.76. The van der Waals surface area contributed by atoms with Gasteiger partial charge in [0.15, 0.2) is 5.78 Å². The van der Waals surface area contributed by atoms with Crippen LogP contribution in [0.25, 0.3) is 0 Å². The van der Waals surface area contributed by atoms with Crippen molar-refractivity contribution in [1.82, 2.24) is 5.32 Å². The summed E-state index contributed by atoms with van der Waals surface area (Å²) in [4.78, 5) is 24.7.